The highest BCUT2D eigenvalue weighted by atomic mass is 16.3. The lowest BCUT2D eigenvalue weighted by atomic mass is 10.2. The number of nitrogens with zero attached hydrogens (tertiary/aromatic N) is 2. The van der Waals surface area contributed by atoms with E-state index >= 15 is 0 Å². The second-order valence-corrected chi connectivity index (χ2v) is 3.59. The van der Waals surface area contributed by atoms with Crippen LogP contribution in [0.15, 0.2) is 16.7 Å². The Kier molecular flexibility index (Phi) is 2.11. The summed E-state index contributed by atoms with van der Waals surface area (Å²) >= 11 is 0. The van der Waals surface area contributed by atoms with Crippen molar-refractivity contribution in [3.05, 3.63) is 23.9 Å². The van der Waals surface area contributed by atoms with Crippen molar-refractivity contribution in [3.8, 4) is 11.4 Å². The van der Waals surface area contributed by atoms with E-state index in [2.05, 4.69) is 29.0 Å². The number of aromatic amines is 1. The van der Waals surface area contributed by atoms with E-state index < -0.39 is 0 Å². The van der Waals surface area contributed by atoms with Gasteiger partial charge in [-0.1, -0.05) is 13.8 Å². The predicted molar refractivity (Wildman–Crippen MR) is 52.9 cm³/mol. The molecule has 0 saturated heterocycles. The van der Waals surface area contributed by atoms with Gasteiger partial charge in [-0.05, 0) is 13.0 Å². The number of aryl methyl sites for hydroxylation is 1. The zero-order valence-electron chi connectivity index (χ0n) is 8.53. The first-order valence-electron chi connectivity index (χ1n) is 4.65. The summed E-state index contributed by atoms with van der Waals surface area (Å²) in [6, 6.07) is 1.88. The highest BCUT2D eigenvalue weighted by molar-refractivity contribution is 5.56. The van der Waals surface area contributed by atoms with E-state index in [-0.39, 0.29) is 0 Å². The molecule has 0 aliphatic carbocycles. The molecule has 0 bridgehead atoms. The maximum atomic E-state index is 5.19. The smallest absolute Gasteiger partial charge is 0.184 e. The van der Waals surface area contributed by atoms with Crippen molar-refractivity contribution >= 4 is 0 Å². The lowest BCUT2D eigenvalue weighted by Crippen LogP contribution is -1.89. The third-order valence-corrected chi connectivity index (χ3v) is 2.15. The molecule has 2 aromatic heterocycles. The summed E-state index contributed by atoms with van der Waals surface area (Å²) in [5.41, 5.74) is 0.952. The molecule has 0 aliphatic rings. The molecule has 0 atom stereocenters. The molecule has 4 nitrogen and oxygen atoms in total. The second kappa shape index (κ2) is 3.29. The van der Waals surface area contributed by atoms with Crippen molar-refractivity contribution in [2.45, 2.75) is 26.7 Å². The Morgan fingerprint density at radius 3 is 2.71 bits per heavy atom. The van der Waals surface area contributed by atoms with E-state index in [1.807, 2.05) is 13.0 Å². The molecule has 2 aromatic rings. The van der Waals surface area contributed by atoms with Crippen LogP contribution in [0.1, 0.15) is 31.4 Å². The Morgan fingerprint density at radius 1 is 1.43 bits per heavy atom. The number of hydrogen-bond acceptors (Lipinski definition) is 3. The molecule has 0 unspecified atom stereocenters. The Bertz CT molecular complexity index is 428. The van der Waals surface area contributed by atoms with Gasteiger partial charge >= 0.3 is 0 Å². The van der Waals surface area contributed by atoms with Gasteiger partial charge in [-0.3, -0.25) is 5.10 Å². The minimum atomic E-state index is 0.364. The first-order valence-corrected chi connectivity index (χ1v) is 4.65. The highest BCUT2D eigenvalue weighted by Gasteiger charge is 2.11. The van der Waals surface area contributed by atoms with E-state index in [0.717, 1.165) is 17.1 Å². The summed E-state index contributed by atoms with van der Waals surface area (Å²) in [4.78, 5) is 4.39. The van der Waals surface area contributed by atoms with E-state index in [1.165, 1.54) is 0 Å². The van der Waals surface area contributed by atoms with Crippen molar-refractivity contribution in [2.24, 2.45) is 0 Å². The number of H-pyrrole nitrogens is 1. The van der Waals surface area contributed by atoms with Crippen molar-refractivity contribution in [3.63, 3.8) is 0 Å². The van der Waals surface area contributed by atoms with Crippen molar-refractivity contribution in [2.75, 3.05) is 0 Å². The molecule has 14 heavy (non-hydrogen) atoms. The Morgan fingerprint density at radius 2 is 2.21 bits per heavy atom. The number of aromatic nitrogens is 3. The van der Waals surface area contributed by atoms with Crippen LogP contribution in [-0.2, 0) is 0 Å². The molecule has 4 heteroatoms. The average molecular weight is 191 g/mol. The minimum Gasteiger partial charge on any atom is -0.469 e. The van der Waals surface area contributed by atoms with Crippen LogP contribution in [0, 0.1) is 6.92 Å². The molecule has 0 saturated carbocycles. The van der Waals surface area contributed by atoms with Gasteiger partial charge in [0.1, 0.15) is 11.6 Å². The van der Waals surface area contributed by atoms with Crippen molar-refractivity contribution < 1.29 is 4.42 Å². The number of furan rings is 1. The summed E-state index contributed by atoms with van der Waals surface area (Å²) in [7, 11) is 0. The third kappa shape index (κ3) is 1.43. The lowest BCUT2D eigenvalue weighted by Gasteiger charge is -1.95. The SMILES string of the molecule is Cc1occc1-c1n[nH]c(C(C)C)n1. The molecule has 0 radical (unpaired) electrons. The summed E-state index contributed by atoms with van der Waals surface area (Å²) in [6.07, 6.45) is 1.65. The standard InChI is InChI=1S/C10H13N3O/c1-6(2)9-11-10(13-12-9)8-4-5-14-7(8)3/h4-6H,1-3H3,(H,11,12,13). The maximum Gasteiger partial charge on any atom is 0.184 e. The molecular formula is C10H13N3O. The zero-order chi connectivity index (χ0) is 10.1. The summed E-state index contributed by atoms with van der Waals surface area (Å²) in [6.45, 7) is 6.06. The van der Waals surface area contributed by atoms with Crippen LogP contribution in [0.25, 0.3) is 11.4 Å². The lowest BCUT2D eigenvalue weighted by molar-refractivity contribution is 0.535. The van der Waals surface area contributed by atoms with Crippen LogP contribution in [0.3, 0.4) is 0 Å². The van der Waals surface area contributed by atoms with Gasteiger partial charge < -0.3 is 4.42 Å². The first-order chi connectivity index (χ1) is 6.68. The molecule has 2 heterocycles. The monoisotopic (exact) mass is 191 g/mol. The van der Waals surface area contributed by atoms with Crippen LogP contribution >= 0.6 is 0 Å². The zero-order valence-corrected chi connectivity index (χ0v) is 8.53. The topological polar surface area (TPSA) is 54.7 Å². The minimum absolute atomic E-state index is 0.364. The molecule has 0 aliphatic heterocycles. The van der Waals surface area contributed by atoms with Crippen molar-refractivity contribution in [1.29, 1.82) is 0 Å². The van der Waals surface area contributed by atoms with Gasteiger partial charge in [0.2, 0.25) is 0 Å². The van der Waals surface area contributed by atoms with Gasteiger partial charge in [-0.15, -0.1) is 0 Å². The fourth-order valence-electron chi connectivity index (χ4n) is 1.27. The summed E-state index contributed by atoms with van der Waals surface area (Å²) < 4.78 is 5.19. The Labute approximate surface area is 82.4 Å². The van der Waals surface area contributed by atoms with Gasteiger partial charge in [0, 0.05) is 5.92 Å². The Balaban J connectivity index is 2.39. The third-order valence-electron chi connectivity index (χ3n) is 2.15. The fourth-order valence-corrected chi connectivity index (χ4v) is 1.27. The first kappa shape index (κ1) is 8.99. The van der Waals surface area contributed by atoms with Crippen LogP contribution in [-0.4, -0.2) is 15.2 Å². The Hall–Kier alpha value is -1.58. The molecule has 0 fully saturated rings. The van der Waals surface area contributed by atoms with Gasteiger partial charge in [-0.2, -0.15) is 5.10 Å². The molecule has 1 N–H and O–H groups in total. The largest absolute Gasteiger partial charge is 0.469 e. The molecule has 74 valence electrons. The van der Waals surface area contributed by atoms with Gasteiger partial charge in [0.25, 0.3) is 0 Å². The molecule has 0 spiro atoms. The van der Waals surface area contributed by atoms with Crippen LogP contribution < -0.4 is 0 Å². The van der Waals surface area contributed by atoms with Gasteiger partial charge in [0.05, 0.1) is 11.8 Å². The maximum absolute atomic E-state index is 5.19. The van der Waals surface area contributed by atoms with E-state index in [9.17, 15) is 0 Å². The van der Waals surface area contributed by atoms with E-state index in [0.29, 0.717) is 11.7 Å². The number of nitrogens with one attached hydrogen (secondary N) is 1. The second-order valence-electron chi connectivity index (χ2n) is 3.59. The molecular weight excluding hydrogens is 178 g/mol. The van der Waals surface area contributed by atoms with Crippen LogP contribution in [0.2, 0.25) is 0 Å². The van der Waals surface area contributed by atoms with Gasteiger partial charge in [-0.25, -0.2) is 4.98 Å². The fraction of sp³-hybridized carbons (Fsp3) is 0.400. The van der Waals surface area contributed by atoms with Crippen molar-refractivity contribution in [1.82, 2.24) is 15.2 Å². The molecule has 2 rings (SSSR count). The van der Waals surface area contributed by atoms with E-state index in [4.69, 9.17) is 4.42 Å². The molecule has 0 aromatic carbocycles. The summed E-state index contributed by atoms with van der Waals surface area (Å²) in [5.74, 6) is 2.82. The van der Waals surface area contributed by atoms with Crippen LogP contribution in [0.4, 0.5) is 0 Å². The number of rotatable bonds is 2. The predicted octanol–water partition coefficient (Wildman–Crippen LogP) is 2.50. The number of hydrogen-bond donors (Lipinski definition) is 1. The van der Waals surface area contributed by atoms with E-state index in [1.54, 1.807) is 6.26 Å². The normalized spacial score (nSPS) is 11.1. The quantitative estimate of drug-likeness (QED) is 0.793. The van der Waals surface area contributed by atoms with Gasteiger partial charge in [0.15, 0.2) is 5.82 Å². The average Bonchev–Trinajstić information content (AvgIpc) is 2.71. The summed E-state index contributed by atoms with van der Waals surface area (Å²) in [5, 5.41) is 7.06. The molecule has 0 amide bonds. The van der Waals surface area contributed by atoms with Crippen LogP contribution in [0.5, 0.6) is 0 Å². The highest BCUT2D eigenvalue weighted by Crippen LogP contribution is 2.21.